The van der Waals surface area contributed by atoms with E-state index in [1.54, 1.807) is 13.3 Å². The minimum atomic E-state index is 0. The molecule has 1 fully saturated rings. The second-order valence-corrected chi connectivity index (χ2v) is 6.98. The summed E-state index contributed by atoms with van der Waals surface area (Å²) >= 11 is 0. The second-order valence-electron chi connectivity index (χ2n) is 6.98. The predicted molar refractivity (Wildman–Crippen MR) is 120 cm³/mol. The van der Waals surface area contributed by atoms with Gasteiger partial charge in [0.2, 0.25) is 5.91 Å². The molecule has 1 atom stereocenters. The fourth-order valence-electron chi connectivity index (χ4n) is 3.22. The third-order valence-corrected chi connectivity index (χ3v) is 4.48. The fraction of sp³-hybridized carbons (Fsp3) is 0.684. The van der Waals surface area contributed by atoms with Gasteiger partial charge in [0.25, 0.3) is 0 Å². The Bertz CT molecular complexity index is 556. The van der Waals surface area contributed by atoms with E-state index in [2.05, 4.69) is 25.8 Å². The van der Waals surface area contributed by atoms with Crippen molar-refractivity contribution in [1.82, 2.24) is 20.9 Å². The summed E-state index contributed by atoms with van der Waals surface area (Å²) < 4.78 is 5.67. The highest BCUT2D eigenvalue weighted by Gasteiger charge is 2.24. The molecule has 154 valence electrons. The fourth-order valence-corrected chi connectivity index (χ4v) is 3.22. The molecule has 1 aromatic rings. The first-order chi connectivity index (χ1) is 12.6. The Balaban J connectivity index is 0.00000364. The Morgan fingerprint density at radius 3 is 2.59 bits per heavy atom. The first-order valence-corrected chi connectivity index (χ1v) is 9.61. The lowest BCUT2D eigenvalue weighted by Crippen LogP contribution is -2.45. The molecule has 0 saturated carbocycles. The molecule has 3 N–H and O–H groups in total. The number of aliphatic imine (C=N–C) groups is 1. The molecule has 2 heterocycles. The monoisotopic (exact) mass is 491 g/mol. The van der Waals surface area contributed by atoms with E-state index in [0.29, 0.717) is 25.5 Å². The lowest BCUT2D eigenvalue weighted by atomic mass is 10.1. The lowest BCUT2D eigenvalue weighted by molar-refractivity contribution is -0.121. The SMILES string of the molecule is CN=C(NCCC(=O)NC(C)C)NCC(c1ccco1)N1CCCCC1.I. The summed E-state index contributed by atoms with van der Waals surface area (Å²) in [6.45, 7) is 7.37. The summed E-state index contributed by atoms with van der Waals surface area (Å²) in [4.78, 5) is 18.4. The number of amides is 1. The topological polar surface area (TPSA) is 81.9 Å². The van der Waals surface area contributed by atoms with Crippen LogP contribution in [0, 0.1) is 0 Å². The van der Waals surface area contributed by atoms with Crippen molar-refractivity contribution in [2.75, 3.05) is 33.2 Å². The minimum absolute atomic E-state index is 0. The molecular formula is C19H34IN5O2. The van der Waals surface area contributed by atoms with Gasteiger partial charge in [0.1, 0.15) is 5.76 Å². The Kier molecular flexibility index (Phi) is 11.4. The summed E-state index contributed by atoms with van der Waals surface area (Å²) in [7, 11) is 1.74. The van der Waals surface area contributed by atoms with Crippen molar-refractivity contribution in [1.29, 1.82) is 0 Å². The maximum Gasteiger partial charge on any atom is 0.221 e. The van der Waals surface area contributed by atoms with Gasteiger partial charge >= 0.3 is 0 Å². The number of carbonyl (C=O) groups is 1. The first kappa shape index (κ1) is 23.7. The quantitative estimate of drug-likeness (QED) is 0.296. The number of nitrogens with zero attached hydrogens (tertiary/aromatic N) is 2. The third-order valence-electron chi connectivity index (χ3n) is 4.48. The molecule has 2 rings (SSSR count). The van der Waals surface area contributed by atoms with Gasteiger partial charge in [0.15, 0.2) is 5.96 Å². The van der Waals surface area contributed by atoms with Crippen LogP contribution in [0.25, 0.3) is 0 Å². The normalized spacial score (nSPS) is 16.5. The van der Waals surface area contributed by atoms with Crippen LogP contribution in [0.4, 0.5) is 0 Å². The zero-order valence-corrected chi connectivity index (χ0v) is 19.0. The zero-order valence-electron chi connectivity index (χ0n) is 16.7. The van der Waals surface area contributed by atoms with E-state index in [1.807, 2.05) is 26.0 Å². The van der Waals surface area contributed by atoms with Crippen molar-refractivity contribution < 1.29 is 9.21 Å². The van der Waals surface area contributed by atoms with E-state index < -0.39 is 0 Å². The molecule has 1 amide bonds. The Hall–Kier alpha value is -1.29. The molecule has 1 saturated heterocycles. The van der Waals surface area contributed by atoms with Gasteiger partial charge in [-0.3, -0.25) is 14.7 Å². The Morgan fingerprint density at radius 2 is 2.00 bits per heavy atom. The molecule has 1 aliphatic heterocycles. The summed E-state index contributed by atoms with van der Waals surface area (Å²) in [6, 6.07) is 4.33. The van der Waals surface area contributed by atoms with Crippen LogP contribution in [0.2, 0.25) is 0 Å². The van der Waals surface area contributed by atoms with Crippen molar-refractivity contribution >= 4 is 35.8 Å². The molecule has 27 heavy (non-hydrogen) atoms. The zero-order chi connectivity index (χ0) is 18.8. The van der Waals surface area contributed by atoms with Gasteiger partial charge in [0, 0.05) is 32.6 Å². The van der Waals surface area contributed by atoms with Gasteiger partial charge < -0.3 is 20.4 Å². The van der Waals surface area contributed by atoms with Gasteiger partial charge in [-0.05, 0) is 51.9 Å². The number of furan rings is 1. The number of nitrogens with one attached hydrogen (secondary N) is 3. The van der Waals surface area contributed by atoms with E-state index in [4.69, 9.17) is 4.42 Å². The van der Waals surface area contributed by atoms with E-state index in [9.17, 15) is 4.79 Å². The highest BCUT2D eigenvalue weighted by atomic mass is 127. The summed E-state index contributed by atoms with van der Waals surface area (Å²) in [5, 5.41) is 9.47. The van der Waals surface area contributed by atoms with Gasteiger partial charge in [-0.25, -0.2) is 0 Å². The standard InChI is InChI=1S/C19H33N5O2.HI/c1-15(2)23-18(25)9-10-21-19(20-3)22-14-16(17-8-7-13-26-17)24-11-5-4-6-12-24;/h7-8,13,15-16H,4-6,9-12,14H2,1-3H3,(H,23,25)(H2,20,21,22);1H. The predicted octanol–water partition coefficient (Wildman–Crippen LogP) is 2.50. The molecule has 0 aliphatic carbocycles. The Morgan fingerprint density at radius 1 is 1.26 bits per heavy atom. The summed E-state index contributed by atoms with van der Waals surface area (Å²) in [6.07, 6.45) is 5.92. The number of likely N-dealkylation sites (tertiary alicyclic amines) is 1. The number of hydrogen-bond acceptors (Lipinski definition) is 4. The number of hydrogen-bond donors (Lipinski definition) is 3. The van der Waals surface area contributed by atoms with Gasteiger partial charge in [0.05, 0.1) is 12.3 Å². The molecule has 0 radical (unpaired) electrons. The molecule has 1 aliphatic rings. The van der Waals surface area contributed by atoms with Crippen LogP contribution in [0.1, 0.15) is 51.3 Å². The number of rotatable bonds is 8. The largest absolute Gasteiger partial charge is 0.468 e. The van der Waals surface area contributed by atoms with Crippen LogP contribution in [-0.4, -0.2) is 56.0 Å². The molecule has 7 nitrogen and oxygen atoms in total. The van der Waals surface area contributed by atoms with Crippen molar-refractivity contribution in [2.45, 2.75) is 51.6 Å². The molecule has 0 aromatic carbocycles. The van der Waals surface area contributed by atoms with Crippen LogP contribution in [0.3, 0.4) is 0 Å². The second kappa shape index (κ2) is 13.0. The van der Waals surface area contributed by atoms with Gasteiger partial charge in [-0.15, -0.1) is 24.0 Å². The van der Waals surface area contributed by atoms with Gasteiger partial charge in [-0.1, -0.05) is 6.42 Å². The Labute approximate surface area is 179 Å². The summed E-state index contributed by atoms with van der Waals surface area (Å²) in [5.74, 6) is 1.73. The highest BCUT2D eigenvalue weighted by molar-refractivity contribution is 14.0. The molecule has 0 spiro atoms. The average molecular weight is 491 g/mol. The number of piperidine rings is 1. The van der Waals surface area contributed by atoms with Crippen molar-refractivity contribution in [2.24, 2.45) is 4.99 Å². The molecule has 1 aromatic heterocycles. The van der Waals surface area contributed by atoms with Crippen LogP contribution in [0.15, 0.2) is 27.8 Å². The number of guanidine groups is 1. The minimum Gasteiger partial charge on any atom is -0.468 e. The van der Waals surface area contributed by atoms with Crippen molar-refractivity contribution in [3.63, 3.8) is 0 Å². The maximum atomic E-state index is 11.7. The van der Waals surface area contributed by atoms with Crippen molar-refractivity contribution in [3.05, 3.63) is 24.2 Å². The van der Waals surface area contributed by atoms with Crippen LogP contribution >= 0.6 is 24.0 Å². The first-order valence-electron chi connectivity index (χ1n) is 9.61. The van der Waals surface area contributed by atoms with Crippen molar-refractivity contribution in [3.8, 4) is 0 Å². The molecule has 8 heteroatoms. The summed E-state index contributed by atoms with van der Waals surface area (Å²) in [5.41, 5.74) is 0. The van der Waals surface area contributed by atoms with Crippen LogP contribution < -0.4 is 16.0 Å². The lowest BCUT2D eigenvalue weighted by Gasteiger charge is -2.33. The highest BCUT2D eigenvalue weighted by Crippen LogP contribution is 2.24. The van der Waals surface area contributed by atoms with E-state index >= 15 is 0 Å². The van der Waals surface area contributed by atoms with Crippen LogP contribution in [0.5, 0.6) is 0 Å². The van der Waals surface area contributed by atoms with Gasteiger partial charge in [-0.2, -0.15) is 0 Å². The molecule has 0 bridgehead atoms. The van der Waals surface area contributed by atoms with E-state index in [1.165, 1.54) is 19.3 Å². The smallest absolute Gasteiger partial charge is 0.221 e. The third kappa shape index (κ3) is 8.50. The molecular weight excluding hydrogens is 457 g/mol. The van der Waals surface area contributed by atoms with E-state index in [0.717, 1.165) is 18.8 Å². The number of carbonyl (C=O) groups excluding carboxylic acids is 1. The van der Waals surface area contributed by atoms with Crippen LogP contribution in [-0.2, 0) is 4.79 Å². The maximum absolute atomic E-state index is 11.7. The van der Waals surface area contributed by atoms with E-state index in [-0.39, 0.29) is 42.0 Å². The average Bonchev–Trinajstić information content (AvgIpc) is 3.15. The number of halogens is 1. The molecule has 1 unspecified atom stereocenters.